The highest BCUT2D eigenvalue weighted by Crippen LogP contribution is 2.37. The van der Waals surface area contributed by atoms with Crippen molar-refractivity contribution in [3.05, 3.63) is 20.3 Å². The van der Waals surface area contributed by atoms with Crippen LogP contribution in [-0.2, 0) is 5.54 Å². The van der Waals surface area contributed by atoms with Gasteiger partial charge in [-0.25, -0.2) is 9.97 Å². The molecule has 0 atom stereocenters. The predicted octanol–water partition coefficient (Wildman–Crippen LogP) is 4.39. The van der Waals surface area contributed by atoms with E-state index in [2.05, 4.69) is 17.3 Å². The molecule has 0 radical (unpaired) electrons. The second-order valence-corrected chi connectivity index (χ2v) is 8.01. The minimum absolute atomic E-state index is 0.210. The molecular formula is C15H21N3S2. The molecule has 108 valence electrons. The topological polar surface area (TPSA) is 51.8 Å². The average molecular weight is 307 g/mol. The van der Waals surface area contributed by atoms with Gasteiger partial charge in [-0.05, 0) is 26.7 Å². The third-order valence-electron chi connectivity index (χ3n) is 4.07. The highest BCUT2D eigenvalue weighted by molar-refractivity contribution is 7.12. The first-order valence-corrected chi connectivity index (χ1v) is 8.97. The van der Waals surface area contributed by atoms with Gasteiger partial charge in [-0.2, -0.15) is 0 Å². The first kappa shape index (κ1) is 14.2. The Balaban J connectivity index is 1.91. The summed E-state index contributed by atoms with van der Waals surface area (Å²) in [6, 6.07) is 0. The molecule has 0 spiro atoms. The molecule has 3 rings (SSSR count). The number of nitrogens with two attached hydrogens (primary N) is 1. The normalized spacial score (nSPS) is 18.9. The number of nitrogens with zero attached hydrogens (tertiary/aromatic N) is 2. The zero-order valence-corrected chi connectivity index (χ0v) is 13.7. The van der Waals surface area contributed by atoms with Gasteiger partial charge >= 0.3 is 0 Å². The van der Waals surface area contributed by atoms with Crippen LogP contribution in [0.4, 0.5) is 0 Å². The summed E-state index contributed by atoms with van der Waals surface area (Å²) in [5.41, 5.74) is 8.47. The van der Waals surface area contributed by atoms with E-state index < -0.39 is 0 Å². The summed E-state index contributed by atoms with van der Waals surface area (Å²) in [7, 11) is 0. The van der Waals surface area contributed by atoms with Crippen LogP contribution < -0.4 is 5.73 Å². The van der Waals surface area contributed by atoms with Crippen molar-refractivity contribution < 1.29 is 0 Å². The lowest BCUT2D eigenvalue weighted by Gasteiger charge is -2.25. The molecule has 1 saturated carbocycles. The monoisotopic (exact) mass is 307 g/mol. The molecule has 2 aromatic rings. The Bertz CT molecular complexity index is 592. The molecule has 3 nitrogen and oxygen atoms in total. The number of hydrogen-bond acceptors (Lipinski definition) is 5. The van der Waals surface area contributed by atoms with Crippen LogP contribution in [0.1, 0.15) is 53.4 Å². The number of hydrogen-bond donors (Lipinski definition) is 1. The maximum atomic E-state index is 6.65. The molecule has 1 fully saturated rings. The van der Waals surface area contributed by atoms with Gasteiger partial charge < -0.3 is 5.73 Å². The zero-order chi connectivity index (χ0) is 14.2. The fraction of sp³-hybridized carbons (Fsp3) is 0.600. The van der Waals surface area contributed by atoms with E-state index in [4.69, 9.17) is 10.7 Å². The smallest absolute Gasteiger partial charge is 0.113 e. The van der Waals surface area contributed by atoms with Crippen LogP contribution in [0.15, 0.2) is 5.38 Å². The summed E-state index contributed by atoms with van der Waals surface area (Å²) in [4.78, 5) is 10.7. The second kappa shape index (κ2) is 5.54. The van der Waals surface area contributed by atoms with Crippen molar-refractivity contribution in [3.8, 4) is 11.4 Å². The largest absolute Gasteiger partial charge is 0.319 e. The van der Waals surface area contributed by atoms with Crippen molar-refractivity contribution in [1.29, 1.82) is 0 Å². The minimum atomic E-state index is -0.210. The van der Waals surface area contributed by atoms with Gasteiger partial charge in [0.1, 0.15) is 16.4 Å². The third-order valence-corrected chi connectivity index (χ3v) is 6.02. The third kappa shape index (κ3) is 2.67. The zero-order valence-electron chi connectivity index (χ0n) is 12.1. The molecule has 1 aliphatic rings. The summed E-state index contributed by atoms with van der Waals surface area (Å²) in [5, 5.41) is 4.32. The standard InChI is InChI=1S/C15H21N3S2/c1-10-13(17-11(2)20-10)12-9-19-14(18-12)15(16)7-5-3-4-6-8-15/h9H,3-8,16H2,1-2H3. The molecule has 0 aliphatic heterocycles. The summed E-state index contributed by atoms with van der Waals surface area (Å²) in [5.74, 6) is 0. The minimum Gasteiger partial charge on any atom is -0.319 e. The van der Waals surface area contributed by atoms with Crippen LogP contribution in [0.5, 0.6) is 0 Å². The molecule has 0 saturated heterocycles. The highest BCUT2D eigenvalue weighted by Gasteiger charge is 2.31. The Labute approximate surface area is 128 Å². The van der Waals surface area contributed by atoms with Gasteiger partial charge in [0.25, 0.3) is 0 Å². The van der Waals surface area contributed by atoms with Crippen LogP contribution in [-0.4, -0.2) is 9.97 Å². The SMILES string of the molecule is Cc1nc(-c2csc(C3(N)CCCCCC3)n2)c(C)s1. The van der Waals surface area contributed by atoms with Crippen LogP contribution >= 0.6 is 22.7 Å². The van der Waals surface area contributed by atoms with Gasteiger partial charge in [0.15, 0.2) is 0 Å². The van der Waals surface area contributed by atoms with Gasteiger partial charge in [-0.1, -0.05) is 25.7 Å². The fourth-order valence-corrected chi connectivity index (χ4v) is 4.76. The maximum Gasteiger partial charge on any atom is 0.113 e. The lowest BCUT2D eigenvalue weighted by Crippen LogP contribution is -2.35. The Morgan fingerprint density at radius 1 is 1.10 bits per heavy atom. The van der Waals surface area contributed by atoms with Crippen LogP contribution in [0, 0.1) is 13.8 Å². The first-order chi connectivity index (χ1) is 9.58. The summed E-state index contributed by atoms with van der Waals surface area (Å²) < 4.78 is 0. The van der Waals surface area contributed by atoms with Crippen molar-refractivity contribution in [1.82, 2.24) is 9.97 Å². The Hall–Kier alpha value is -0.780. The second-order valence-electron chi connectivity index (χ2n) is 5.75. The Morgan fingerprint density at radius 2 is 1.80 bits per heavy atom. The molecule has 2 aromatic heterocycles. The Kier molecular flexibility index (Phi) is 3.93. The Morgan fingerprint density at radius 3 is 2.40 bits per heavy atom. The lowest BCUT2D eigenvalue weighted by molar-refractivity contribution is 0.384. The number of rotatable bonds is 2. The van der Waals surface area contributed by atoms with Gasteiger partial charge in [-0.15, -0.1) is 22.7 Å². The number of aryl methyl sites for hydroxylation is 2. The van der Waals surface area contributed by atoms with Gasteiger partial charge in [0.05, 0.1) is 10.5 Å². The van der Waals surface area contributed by atoms with Crippen LogP contribution in [0.3, 0.4) is 0 Å². The van der Waals surface area contributed by atoms with Crippen molar-refractivity contribution in [3.63, 3.8) is 0 Å². The summed E-state index contributed by atoms with van der Waals surface area (Å²) in [6.07, 6.45) is 7.19. The molecule has 5 heteroatoms. The van der Waals surface area contributed by atoms with E-state index in [1.807, 2.05) is 6.92 Å². The van der Waals surface area contributed by atoms with E-state index in [1.165, 1.54) is 30.6 Å². The summed E-state index contributed by atoms with van der Waals surface area (Å²) >= 11 is 3.44. The molecule has 0 aromatic carbocycles. The molecule has 0 unspecified atom stereocenters. The molecule has 0 amide bonds. The summed E-state index contributed by atoms with van der Waals surface area (Å²) in [6.45, 7) is 4.16. The van der Waals surface area contributed by atoms with E-state index in [0.717, 1.165) is 34.2 Å². The molecule has 1 aliphatic carbocycles. The molecular weight excluding hydrogens is 286 g/mol. The molecule has 2 N–H and O–H groups in total. The van der Waals surface area contributed by atoms with E-state index in [1.54, 1.807) is 22.7 Å². The van der Waals surface area contributed by atoms with Crippen LogP contribution in [0.2, 0.25) is 0 Å². The lowest BCUT2D eigenvalue weighted by atomic mass is 9.92. The van der Waals surface area contributed by atoms with E-state index in [-0.39, 0.29) is 5.54 Å². The average Bonchev–Trinajstić information content (AvgIpc) is 2.94. The fourth-order valence-electron chi connectivity index (χ4n) is 2.95. The first-order valence-electron chi connectivity index (χ1n) is 7.28. The quantitative estimate of drug-likeness (QED) is 0.837. The maximum absolute atomic E-state index is 6.65. The van der Waals surface area contributed by atoms with Crippen molar-refractivity contribution in [2.75, 3.05) is 0 Å². The molecule has 0 bridgehead atoms. The van der Waals surface area contributed by atoms with Gasteiger partial charge in [0.2, 0.25) is 0 Å². The highest BCUT2D eigenvalue weighted by atomic mass is 32.1. The van der Waals surface area contributed by atoms with Crippen molar-refractivity contribution >= 4 is 22.7 Å². The van der Waals surface area contributed by atoms with Crippen LogP contribution in [0.25, 0.3) is 11.4 Å². The number of aromatic nitrogens is 2. The molecule has 2 heterocycles. The van der Waals surface area contributed by atoms with Crippen molar-refractivity contribution in [2.24, 2.45) is 5.73 Å². The van der Waals surface area contributed by atoms with Gasteiger partial charge in [-0.3, -0.25) is 0 Å². The van der Waals surface area contributed by atoms with Gasteiger partial charge in [0, 0.05) is 10.3 Å². The van der Waals surface area contributed by atoms with E-state index in [9.17, 15) is 0 Å². The predicted molar refractivity (Wildman–Crippen MR) is 86.3 cm³/mol. The van der Waals surface area contributed by atoms with E-state index >= 15 is 0 Å². The van der Waals surface area contributed by atoms with E-state index in [0.29, 0.717) is 0 Å². The molecule has 20 heavy (non-hydrogen) atoms. The number of thiazole rings is 2. The van der Waals surface area contributed by atoms with Crippen molar-refractivity contribution in [2.45, 2.75) is 57.9 Å².